The highest BCUT2D eigenvalue weighted by Gasteiger charge is 2.09. The zero-order valence-electron chi connectivity index (χ0n) is 9.80. The minimum Gasteiger partial charge on any atom is -0.433 e. The average Bonchev–Trinajstić information content (AvgIpc) is 2.35. The van der Waals surface area contributed by atoms with Crippen LogP contribution in [-0.2, 0) is 0 Å². The fourth-order valence-electron chi connectivity index (χ4n) is 1.46. The predicted molar refractivity (Wildman–Crippen MR) is 61.9 cm³/mol. The molecule has 0 aliphatic rings. The number of pyridine rings is 1. The van der Waals surface area contributed by atoms with Crippen molar-refractivity contribution in [2.75, 3.05) is 31.2 Å². The Morgan fingerprint density at radius 1 is 1.22 bits per heavy atom. The van der Waals surface area contributed by atoms with E-state index in [4.69, 9.17) is 10.2 Å². The molecule has 5 nitrogen and oxygen atoms in total. The van der Waals surface area contributed by atoms with E-state index >= 15 is 0 Å². The molecule has 0 unspecified atom stereocenters. The van der Waals surface area contributed by atoms with Crippen molar-refractivity contribution in [3.63, 3.8) is 0 Å². The molecule has 0 aliphatic heterocycles. The zero-order valence-corrected chi connectivity index (χ0v) is 9.80. The van der Waals surface area contributed by atoms with Crippen LogP contribution in [0, 0.1) is 0 Å². The molecule has 0 spiro atoms. The first-order valence-electron chi connectivity index (χ1n) is 5.55. The molecule has 102 valence electrons. The van der Waals surface area contributed by atoms with Crippen LogP contribution in [-0.4, -0.2) is 48.1 Å². The minimum absolute atomic E-state index is 0.0140. The second-order valence-electron chi connectivity index (χ2n) is 3.52. The molecule has 2 N–H and O–H groups in total. The van der Waals surface area contributed by atoms with E-state index in [1.54, 1.807) is 4.90 Å². The predicted octanol–water partition coefficient (Wildman–Crippen LogP) is 0.864. The van der Waals surface area contributed by atoms with Gasteiger partial charge in [-0.05, 0) is 18.6 Å². The van der Waals surface area contributed by atoms with Crippen molar-refractivity contribution in [1.82, 2.24) is 4.98 Å². The molecular formula is C11H16F2N2O3. The molecular weight excluding hydrogens is 246 g/mol. The van der Waals surface area contributed by atoms with Crippen molar-refractivity contribution in [1.29, 1.82) is 0 Å². The summed E-state index contributed by atoms with van der Waals surface area (Å²) in [5, 5.41) is 17.7. The third kappa shape index (κ3) is 4.80. The largest absolute Gasteiger partial charge is 0.433 e. The number of hydrogen-bond acceptors (Lipinski definition) is 5. The Kier molecular flexibility index (Phi) is 6.31. The molecule has 0 aromatic carbocycles. The van der Waals surface area contributed by atoms with Gasteiger partial charge in [-0.2, -0.15) is 8.78 Å². The second-order valence-corrected chi connectivity index (χ2v) is 3.52. The van der Waals surface area contributed by atoms with Crippen LogP contribution in [0.15, 0.2) is 18.3 Å². The molecule has 1 heterocycles. The molecule has 0 radical (unpaired) electrons. The Morgan fingerprint density at radius 3 is 2.50 bits per heavy atom. The van der Waals surface area contributed by atoms with Gasteiger partial charge in [0.2, 0.25) is 0 Å². The van der Waals surface area contributed by atoms with E-state index in [2.05, 4.69) is 9.72 Å². The van der Waals surface area contributed by atoms with Crippen molar-refractivity contribution in [2.45, 2.75) is 13.0 Å². The van der Waals surface area contributed by atoms with Crippen LogP contribution in [0.5, 0.6) is 5.75 Å². The van der Waals surface area contributed by atoms with Crippen LogP contribution >= 0.6 is 0 Å². The third-order valence-corrected chi connectivity index (χ3v) is 2.23. The molecule has 0 amide bonds. The van der Waals surface area contributed by atoms with Gasteiger partial charge in [0.15, 0.2) is 0 Å². The van der Waals surface area contributed by atoms with Crippen molar-refractivity contribution in [3.8, 4) is 5.75 Å². The highest BCUT2D eigenvalue weighted by molar-refractivity contribution is 5.40. The maximum atomic E-state index is 11.9. The highest BCUT2D eigenvalue weighted by Crippen LogP contribution is 2.17. The van der Waals surface area contributed by atoms with Crippen LogP contribution in [0.3, 0.4) is 0 Å². The Morgan fingerprint density at radius 2 is 2.00 bits per heavy atom. The topological polar surface area (TPSA) is 65.8 Å². The highest BCUT2D eigenvalue weighted by atomic mass is 19.3. The quantitative estimate of drug-likeness (QED) is 0.727. The summed E-state index contributed by atoms with van der Waals surface area (Å²) in [4.78, 5) is 5.73. The number of ether oxygens (including phenoxy) is 1. The first-order chi connectivity index (χ1) is 8.67. The smallest absolute Gasteiger partial charge is 0.387 e. The van der Waals surface area contributed by atoms with Gasteiger partial charge < -0.3 is 19.8 Å². The number of halogens is 2. The van der Waals surface area contributed by atoms with Crippen molar-refractivity contribution in [3.05, 3.63) is 18.3 Å². The van der Waals surface area contributed by atoms with Crippen LogP contribution in [0.25, 0.3) is 0 Å². The summed E-state index contributed by atoms with van der Waals surface area (Å²) >= 11 is 0. The number of aliphatic hydroxyl groups is 2. The second kappa shape index (κ2) is 7.78. The standard InChI is InChI=1S/C11H16F2N2O3/c12-11(13)18-9-2-3-10(14-8-9)15(5-7-17)4-1-6-16/h2-3,8,11,16-17H,1,4-7H2. The lowest BCUT2D eigenvalue weighted by molar-refractivity contribution is -0.0500. The van der Waals surface area contributed by atoms with Crippen LogP contribution in [0.2, 0.25) is 0 Å². The van der Waals surface area contributed by atoms with Gasteiger partial charge in [0, 0.05) is 19.7 Å². The molecule has 0 aliphatic carbocycles. The number of rotatable bonds is 8. The van der Waals surface area contributed by atoms with Crippen LogP contribution in [0.1, 0.15) is 6.42 Å². The van der Waals surface area contributed by atoms with E-state index in [-0.39, 0.29) is 19.0 Å². The Hall–Kier alpha value is -1.47. The average molecular weight is 262 g/mol. The molecule has 0 fully saturated rings. The maximum Gasteiger partial charge on any atom is 0.387 e. The molecule has 0 bridgehead atoms. The molecule has 0 saturated heterocycles. The summed E-state index contributed by atoms with van der Waals surface area (Å²) in [5.41, 5.74) is 0. The maximum absolute atomic E-state index is 11.9. The Labute approximate surface area is 104 Å². The van der Waals surface area contributed by atoms with Crippen molar-refractivity contribution in [2.24, 2.45) is 0 Å². The van der Waals surface area contributed by atoms with Gasteiger partial charge in [0.1, 0.15) is 11.6 Å². The number of hydrogen-bond donors (Lipinski definition) is 2. The lowest BCUT2D eigenvalue weighted by Crippen LogP contribution is -2.29. The molecule has 1 rings (SSSR count). The van der Waals surface area contributed by atoms with Gasteiger partial charge >= 0.3 is 6.61 Å². The fraction of sp³-hybridized carbons (Fsp3) is 0.545. The first-order valence-corrected chi connectivity index (χ1v) is 5.55. The molecule has 0 saturated carbocycles. The number of alkyl halides is 2. The van der Waals surface area contributed by atoms with Gasteiger partial charge in [-0.3, -0.25) is 0 Å². The number of aliphatic hydroxyl groups excluding tert-OH is 2. The fourth-order valence-corrected chi connectivity index (χ4v) is 1.46. The zero-order chi connectivity index (χ0) is 13.4. The summed E-state index contributed by atoms with van der Waals surface area (Å²) in [6.07, 6.45) is 1.74. The Bertz CT molecular complexity index is 336. The molecule has 18 heavy (non-hydrogen) atoms. The summed E-state index contributed by atoms with van der Waals surface area (Å²) in [5.74, 6) is 0.527. The van der Waals surface area contributed by atoms with E-state index in [0.29, 0.717) is 25.3 Å². The number of anilines is 1. The van der Waals surface area contributed by atoms with Crippen molar-refractivity contribution < 1.29 is 23.7 Å². The van der Waals surface area contributed by atoms with Crippen LogP contribution < -0.4 is 9.64 Å². The van der Waals surface area contributed by atoms with E-state index in [0.717, 1.165) is 0 Å². The Balaban J connectivity index is 2.67. The number of nitrogens with zero attached hydrogens (tertiary/aromatic N) is 2. The summed E-state index contributed by atoms with van der Waals surface area (Å²) < 4.78 is 28.1. The minimum atomic E-state index is -2.87. The number of aromatic nitrogens is 1. The summed E-state index contributed by atoms with van der Waals surface area (Å²) in [6.45, 7) is -2.00. The normalized spacial score (nSPS) is 10.7. The monoisotopic (exact) mass is 262 g/mol. The lowest BCUT2D eigenvalue weighted by Gasteiger charge is -2.22. The molecule has 7 heteroatoms. The van der Waals surface area contributed by atoms with E-state index < -0.39 is 6.61 Å². The van der Waals surface area contributed by atoms with Gasteiger partial charge in [0.25, 0.3) is 0 Å². The van der Waals surface area contributed by atoms with E-state index in [9.17, 15) is 8.78 Å². The SMILES string of the molecule is OCCCN(CCO)c1ccc(OC(F)F)cn1. The van der Waals surface area contributed by atoms with Crippen molar-refractivity contribution >= 4 is 5.82 Å². The van der Waals surface area contributed by atoms with E-state index in [1.807, 2.05) is 0 Å². The van der Waals surface area contributed by atoms with E-state index in [1.165, 1.54) is 18.3 Å². The molecule has 1 aromatic rings. The van der Waals surface area contributed by atoms with Gasteiger partial charge in [-0.25, -0.2) is 4.98 Å². The summed E-state index contributed by atoms with van der Waals surface area (Å²) in [6, 6.07) is 2.92. The third-order valence-electron chi connectivity index (χ3n) is 2.23. The molecule has 0 atom stereocenters. The van der Waals surface area contributed by atoms with Crippen LogP contribution in [0.4, 0.5) is 14.6 Å². The summed E-state index contributed by atoms with van der Waals surface area (Å²) in [7, 11) is 0. The lowest BCUT2D eigenvalue weighted by atomic mass is 10.3. The van der Waals surface area contributed by atoms with Gasteiger partial charge in [-0.1, -0.05) is 0 Å². The first kappa shape index (κ1) is 14.6. The van der Waals surface area contributed by atoms with Gasteiger partial charge in [-0.15, -0.1) is 0 Å². The van der Waals surface area contributed by atoms with Gasteiger partial charge in [0.05, 0.1) is 12.8 Å². The molecule has 1 aromatic heterocycles.